The molecule has 1 fully saturated rings. The molecule has 0 aromatic heterocycles. The van der Waals surface area contributed by atoms with Gasteiger partial charge in [0.25, 0.3) is 0 Å². The second-order valence-electron chi connectivity index (χ2n) is 5.81. The van der Waals surface area contributed by atoms with E-state index in [0.717, 1.165) is 18.5 Å². The van der Waals surface area contributed by atoms with E-state index in [-0.39, 0.29) is 5.91 Å². The Kier molecular flexibility index (Phi) is 3.65. The van der Waals surface area contributed by atoms with Gasteiger partial charge in [-0.1, -0.05) is 30.3 Å². The fourth-order valence-corrected chi connectivity index (χ4v) is 3.03. The van der Waals surface area contributed by atoms with E-state index >= 15 is 0 Å². The van der Waals surface area contributed by atoms with E-state index in [0.29, 0.717) is 17.5 Å². The van der Waals surface area contributed by atoms with Gasteiger partial charge < -0.3 is 11.1 Å². The molecule has 0 saturated heterocycles. The van der Waals surface area contributed by atoms with Crippen LogP contribution in [-0.4, -0.2) is 11.9 Å². The molecule has 0 heterocycles. The molecule has 3 heteroatoms. The number of aryl methyl sites for hydroxylation is 1. The summed E-state index contributed by atoms with van der Waals surface area (Å²) >= 11 is 0. The quantitative estimate of drug-likeness (QED) is 0.901. The smallest absolute Gasteiger partial charge is 0.248 e. The molecule has 0 unspecified atom stereocenters. The van der Waals surface area contributed by atoms with Crippen molar-refractivity contribution < 1.29 is 4.79 Å². The first kappa shape index (κ1) is 13.7. The third-order valence-corrected chi connectivity index (χ3v) is 4.28. The lowest BCUT2D eigenvalue weighted by atomic mass is 9.74. The summed E-state index contributed by atoms with van der Waals surface area (Å²) in [4.78, 5) is 11.2. The molecule has 1 aliphatic carbocycles. The van der Waals surface area contributed by atoms with Gasteiger partial charge in [0.2, 0.25) is 5.91 Å². The minimum atomic E-state index is -0.384. The highest BCUT2D eigenvalue weighted by Gasteiger charge is 2.30. The monoisotopic (exact) mass is 280 g/mol. The van der Waals surface area contributed by atoms with E-state index in [9.17, 15) is 4.79 Å². The van der Waals surface area contributed by atoms with Crippen LogP contribution in [0, 0.1) is 6.92 Å². The largest absolute Gasteiger partial charge is 0.382 e. The summed E-state index contributed by atoms with van der Waals surface area (Å²) in [5.41, 5.74) is 9.66. The van der Waals surface area contributed by atoms with Gasteiger partial charge in [-0.15, -0.1) is 0 Å². The zero-order chi connectivity index (χ0) is 14.8. The van der Waals surface area contributed by atoms with Crippen molar-refractivity contribution in [3.8, 4) is 0 Å². The second kappa shape index (κ2) is 5.60. The van der Waals surface area contributed by atoms with Crippen molar-refractivity contribution in [1.82, 2.24) is 0 Å². The standard InChI is InChI=1S/C18H20N2O/c1-12-5-2-3-8-17(12)14-10-16(11-14)20-15-7-4-6-13(9-15)18(19)21/h2-9,14,16,20H,10-11H2,1H3,(H2,19,21). The molecule has 21 heavy (non-hydrogen) atoms. The van der Waals surface area contributed by atoms with E-state index in [1.54, 1.807) is 6.07 Å². The van der Waals surface area contributed by atoms with Crippen LogP contribution in [0.15, 0.2) is 48.5 Å². The number of hydrogen-bond donors (Lipinski definition) is 2. The summed E-state index contributed by atoms with van der Waals surface area (Å²) in [5, 5.41) is 3.49. The number of carbonyl (C=O) groups excluding carboxylic acids is 1. The molecule has 0 atom stereocenters. The number of hydrogen-bond acceptors (Lipinski definition) is 2. The van der Waals surface area contributed by atoms with E-state index in [1.807, 2.05) is 18.2 Å². The van der Waals surface area contributed by atoms with Gasteiger partial charge >= 0.3 is 0 Å². The van der Waals surface area contributed by atoms with Crippen molar-refractivity contribution in [2.75, 3.05) is 5.32 Å². The Morgan fingerprint density at radius 2 is 1.90 bits per heavy atom. The Morgan fingerprint density at radius 1 is 1.14 bits per heavy atom. The molecule has 0 spiro atoms. The van der Waals surface area contributed by atoms with Crippen LogP contribution in [-0.2, 0) is 0 Å². The topological polar surface area (TPSA) is 55.1 Å². The number of amides is 1. The molecule has 0 bridgehead atoms. The van der Waals surface area contributed by atoms with Crippen molar-refractivity contribution >= 4 is 11.6 Å². The molecule has 3 nitrogen and oxygen atoms in total. The van der Waals surface area contributed by atoms with Crippen LogP contribution in [0.5, 0.6) is 0 Å². The Balaban J connectivity index is 1.61. The highest BCUT2D eigenvalue weighted by Crippen LogP contribution is 2.39. The van der Waals surface area contributed by atoms with Crippen LogP contribution >= 0.6 is 0 Å². The SMILES string of the molecule is Cc1ccccc1C1CC(Nc2cccc(C(N)=O)c2)C1. The average Bonchev–Trinajstić information content (AvgIpc) is 2.44. The van der Waals surface area contributed by atoms with Crippen LogP contribution < -0.4 is 11.1 Å². The van der Waals surface area contributed by atoms with Crippen molar-refractivity contribution in [3.63, 3.8) is 0 Å². The molecular weight excluding hydrogens is 260 g/mol. The van der Waals surface area contributed by atoms with Crippen molar-refractivity contribution in [1.29, 1.82) is 0 Å². The predicted octanol–water partition coefficient (Wildman–Crippen LogP) is 3.45. The van der Waals surface area contributed by atoms with Crippen LogP contribution in [0.25, 0.3) is 0 Å². The summed E-state index contributed by atoms with van der Waals surface area (Å²) < 4.78 is 0. The molecular formula is C18H20N2O. The Morgan fingerprint density at radius 3 is 2.62 bits per heavy atom. The maximum Gasteiger partial charge on any atom is 0.248 e. The zero-order valence-corrected chi connectivity index (χ0v) is 12.2. The normalized spacial score (nSPS) is 20.6. The number of rotatable bonds is 4. The molecule has 108 valence electrons. The van der Waals surface area contributed by atoms with Crippen LogP contribution in [0.3, 0.4) is 0 Å². The van der Waals surface area contributed by atoms with Gasteiger partial charge in [0.15, 0.2) is 0 Å². The third-order valence-electron chi connectivity index (χ3n) is 4.28. The van der Waals surface area contributed by atoms with Gasteiger partial charge in [-0.3, -0.25) is 4.79 Å². The number of primary amides is 1. The van der Waals surface area contributed by atoms with Gasteiger partial charge in [-0.25, -0.2) is 0 Å². The average molecular weight is 280 g/mol. The van der Waals surface area contributed by atoms with Crippen LogP contribution in [0.1, 0.15) is 40.2 Å². The fourth-order valence-electron chi connectivity index (χ4n) is 3.03. The van der Waals surface area contributed by atoms with Crippen LogP contribution in [0.4, 0.5) is 5.69 Å². The first-order valence-corrected chi connectivity index (χ1v) is 7.35. The van der Waals surface area contributed by atoms with Gasteiger partial charge in [0.05, 0.1) is 0 Å². The molecule has 1 amide bonds. The van der Waals surface area contributed by atoms with Gasteiger partial charge in [0.1, 0.15) is 0 Å². The van der Waals surface area contributed by atoms with Gasteiger partial charge in [0, 0.05) is 17.3 Å². The lowest BCUT2D eigenvalue weighted by molar-refractivity contribution is 0.100. The molecule has 1 saturated carbocycles. The van der Waals surface area contributed by atoms with Gasteiger partial charge in [-0.2, -0.15) is 0 Å². The summed E-state index contributed by atoms with van der Waals surface area (Å²) in [5.74, 6) is 0.257. The third kappa shape index (κ3) is 2.92. The minimum absolute atomic E-state index is 0.384. The molecule has 3 N–H and O–H groups in total. The summed E-state index contributed by atoms with van der Waals surface area (Å²) in [7, 11) is 0. The number of carbonyl (C=O) groups is 1. The zero-order valence-electron chi connectivity index (χ0n) is 12.2. The van der Waals surface area contributed by atoms with Crippen molar-refractivity contribution in [2.45, 2.75) is 31.7 Å². The number of benzene rings is 2. The molecule has 2 aromatic rings. The van der Waals surface area contributed by atoms with Crippen LogP contribution in [0.2, 0.25) is 0 Å². The first-order valence-electron chi connectivity index (χ1n) is 7.35. The minimum Gasteiger partial charge on any atom is -0.382 e. The van der Waals surface area contributed by atoms with Crippen molar-refractivity contribution in [3.05, 3.63) is 65.2 Å². The maximum absolute atomic E-state index is 11.2. The van der Waals surface area contributed by atoms with E-state index in [4.69, 9.17) is 5.73 Å². The summed E-state index contributed by atoms with van der Waals surface area (Å²) in [6.45, 7) is 2.17. The van der Waals surface area contributed by atoms with E-state index in [1.165, 1.54) is 11.1 Å². The molecule has 2 aromatic carbocycles. The summed E-state index contributed by atoms with van der Waals surface area (Å²) in [6, 6.07) is 16.5. The number of anilines is 1. The Hall–Kier alpha value is -2.29. The Bertz CT molecular complexity index is 660. The van der Waals surface area contributed by atoms with Gasteiger partial charge in [-0.05, 0) is 55.0 Å². The number of nitrogens with two attached hydrogens (primary N) is 1. The Labute approximate surface area is 125 Å². The lowest BCUT2D eigenvalue weighted by Gasteiger charge is -2.37. The summed E-state index contributed by atoms with van der Waals surface area (Å²) in [6.07, 6.45) is 2.26. The second-order valence-corrected chi connectivity index (χ2v) is 5.81. The lowest BCUT2D eigenvalue weighted by Crippen LogP contribution is -2.34. The highest BCUT2D eigenvalue weighted by molar-refractivity contribution is 5.93. The van der Waals surface area contributed by atoms with Crippen molar-refractivity contribution in [2.24, 2.45) is 5.73 Å². The molecule has 0 radical (unpaired) electrons. The number of nitrogens with one attached hydrogen (secondary N) is 1. The molecule has 3 rings (SSSR count). The first-order chi connectivity index (χ1) is 10.1. The molecule has 1 aliphatic rings. The fraction of sp³-hybridized carbons (Fsp3) is 0.278. The van der Waals surface area contributed by atoms with E-state index in [2.05, 4.69) is 36.5 Å². The molecule has 0 aliphatic heterocycles. The maximum atomic E-state index is 11.2. The van der Waals surface area contributed by atoms with E-state index < -0.39 is 0 Å². The predicted molar refractivity (Wildman–Crippen MR) is 85.5 cm³/mol. The highest BCUT2D eigenvalue weighted by atomic mass is 16.1.